The lowest BCUT2D eigenvalue weighted by molar-refractivity contribution is -0.143. The predicted octanol–water partition coefficient (Wildman–Crippen LogP) is 22.9. The van der Waals surface area contributed by atoms with Crippen LogP contribution < -0.4 is 5.32 Å². The summed E-state index contributed by atoms with van der Waals surface area (Å²) < 4.78 is 5.48. The number of rotatable bonds is 66. The van der Waals surface area contributed by atoms with Gasteiger partial charge in [0.1, 0.15) is 0 Å². The second-order valence-corrected chi connectivity index (χ2v) is 24.2. The fourth-order valence-electron chi connectivity index (χ4n) is 10.9. The zero-order valence-electron chi connectivity index (χ0n) is 53.1. The molecule has 0 saturated heterocycles. The number of hydrogen-bond acceptors (Lipinski definition) is 5. The summed E-state index contributed by atoms with van der Waals surface area (Å²) in [5, 5.41) is 23.2. The zero-order chi connectivity index (χ0) is 57.1. The van der Waals surface area contributed by atoms with Gasteiger partial charge >= 0.3 is 5.97 Å². The topological polar surface area (TPSA) is 95.9 Å². The molecule has 0 bridgehead atoms. The molecule has 0 aliphatic rings. The Bertz CT molecular complexity index is 1320. The Morgan fingerprint density at radius 1 is 0.354 bits per heavy atom. The van der Waals surface area contributed by atoms with Gasteiger partial charge in [0, 0.05) is 12.8 Å². The summed E-state index contributed by atoms with van der Waals surface area (Å²) in [6.07, 6.45) is 89.0. The molecule has 0 aromatic rings. The van der Waals surface area contributed by atoms with Crippen LogP contribution in [-0.2, 0) is 14.3 Å². The maximum absolute atomic E-state index is 12.5. The van der Waals surface area contributed by atoms with Crippen LogP contribution in [0, 0.1) is 0 Å². The van der Waals surface area contributed by atoms with Crippen molar-refractivity contribution in [2.75, 3.05) is 13.2 Å². The first-order chi connectivity index (χ1) is 39.0. The molecule has 0 aliphatic heterocycles. The van der Waals surface area contributed by atoms with Gasteiger partial charge in [-0.25, -0.2) is 0 Å². The fraction of sp³-hybridized carbons (Fsp3) is 0.863. The van der Waals surface area contributed by atoms with Crippen molar-refractivity contribution in [2.45, 2.75) is 392 Å². The number of ether oxygens (including phenoxy) is 1. The molecule has 1 amide bonds. The van der Waals surface area contributed by atoms with Crippen molar-refractivity contribution in [3.8, 4) is 0 Å². The lowest BCUT2D eigenvalue weighted by Gasteiger charge is -2.20. The highest BCUT2D eigenvalue weighted by Crippen LogP contribution is 2.18. The van der Waals surface area contributed by atoms with Gasteiger partial charge in [-0.05, 0) is 83.5 Å². The minimum absolute atomic E-state index is 0.000905. The maximum atomic E-state index is 12.5. The van der Waals surface area contributed by atoms with E-state index < -0.39 is 12.1 Å². The molecule has 0 aromatic heterocycles. The van der Waals surface area contributed by atoms with Gasteiger partial charge in [-0.3, -0.25) is 9.59 Å². The number of hydrogen-bond donors (Lipinski definition) is 3. The highest BCUT2D eigenvalue weighted by molar-refractivity contribution is 5.76. The van der Waals surface area contributed by atoms with Gasteiger partial charge in [-0.1, -0.05) is 332 Å². The molecule has 0 radical (unpaired) electrons. The predicted molar refractivity (Wildman–Crippen MR) is 347 cm³/mol. The van der Waals surface area contributed by atoms with Crippen molar-refractivity contribution in [1.29, 1.82) is 0 Å². The molecular formula is C73H137NO5. The summed E-state index contributed by atoms with van der Waals surface area (Å²) >= 11 is 0. The van der Waals surface area contributed by atoms with Gasteiger partial charge in [0.25, 0.3) is 0 Å². The smallest absolute Gasteiger partial charge is 0.305 e. The number of nitrogens with one attached hydrogen (secondary N) is 1. The van der Waals surface area contributed by atoms with Crippen molar-refractivity contribution in [1.82, 2.24) is 5.32 Å². The van der Waals surface area contributed by atoms with Crippen molar-refractivity contribution in [2.24, 2.45) is 0 Å². The van der Waals surface area contributed by atoms with E-state index in [0.717, 1.165) is 51.4 Å². The Hall–Kier alpha value is -2.18. The number of aliphatic hydroxyl groups is 2. The van der Waals surface area contributed by atoms with Crippen LogP contribution in [0.25, 0.3) is 0 Å². The molecule has 0 aliphatic carbocycles. The van der Waals surface area contributed by atoms with Crippen LogP contribution in [0.2, 0.25) is 0 Å². The van der Waals surface area contributed by atoms with E-state index in [1.54, 1.807) is 6.08 Å². The van der Waals surface area contributed by atoms with E-state index in [1.807, 2.05) is 6.08 Å². The molecule has 6 heteroatoms. The van der Waals surface area contributed by atoms with Crippen LogP contribution in [0.1, 0.15) is 380 Å². The molecule has 2 atom stereocenters. The Morgan fingerprint density at radius 3 is 1.01 bits per heavy atom. The number of unbranched alkanes of at least 4 members (excludes halogenated alkanes) is 49. The van der Waals surface area contributed by atoms with Gasteiger partial charge in [0.15, 0.2) is 0 Å². The van der Waals surface area contributed by atoms with Gasteiger partial charge < -0.3 is 20.3 Å². The summed E-state index contributed by atoms with van der Waals surface area (Å²) in [5.41, 5.74) is 0. The normalized spacial score (nSPS) is 12.8. The Kier molecular flexibility index (Phi) is 66.4. The highest BCUT2D eigenvalue weighted by atomic mass is 16.5. The second kappa shape index (κ2) is 68.3. The first-order valence-electron chi connectivity index (χ1n) is 35.4. The molecule has 0 rings (SSSR count). The fourth-order valence-corrected chi connectivity index (χ4v) is 10.9. The molecule has 0 fully saturated rings. The standard InChI is InChI=1S/C73H137NO5/c1-3-5-7-9-11-13-15-17-19-20-21-32-35-38-41-45-49-53-57-61-65-71(76)70(69-75)74-72(77)66-62-58-54-50-46-42-39-36-33-30-28-26-24-22-23-25-27-29-31-34-37-40-44-48-52-56-60-64-68-79-73(78)67-63-59-55-51-47-43-18-16-14-12-10-8-6-4-2/h10,12,16,18,22-23,61,65,70-71,75-76H,3-9,11,13-15,17,19-21,24-60,62-64,66-69H2,1-2H3,(H,74,77)/b12-10-,18-16-,23-22-,65-61+. The number of esters is 1. The molecule has 0 aromatic carbocycles. The molecule has 0 saturated carbocycles. The SMILES string of the molecule is CCCC/C=C\C/C=C\CCCCCCCC(=O)OCCCCCCCCCCCCCC/C=C\CCCCCCCCCCCCCCC(=O)NC(CO)C(O)/C=C/CCCCCCCCCCCCCCCCCCCC. The quantitative estimate of drug-likeness (QED) is 0.0320. The van der Waals surface area contributed by atoms with Crippen LogP contribution >= 0.6 is 0 Å². The maximum Gasteiger partial charge on any atom is 0.305 e. The Labute approximate surface area is 493 Å². The largest absolute Gasteiger partial charge is 0.466 e. The summed E-state index contributed by atoms with van der Waals surface area (Å²) in [6.45, 7) is 4.89. The van der Waals surface area contributed by atoms with Gasteiger partial charge in [0.05, 0.1) is 25.4 Å². The molecule has 2 unspecified atom stereocenters. The molecule has 6 nitrogen and oxygen atoms in total. The summed E-state index contributed by atoms with van der Waals surface area (Å²) in [6, 6.07) is -0.629. The summed E-state index contributed by atoms with van der Waals surface area (Å²) in [7, 11) is 0. The van der Waals surface area contributed by atoms with E-state index in [9.17, 15) is 19.8 Å². The van der Waals surface area contributed by atoms with Gasteiger partial charge in [-0.15, -0.1) is 0 Å². The van der Waals surface area contributed by atoms with Crippen LogP contribution in [0.15, 0.2) is 48.6 Å². The molecule has 464 valence electrons. The molecular weight excluding hydrogens is 971 g/mol. The van der Waals surface area contributed by atoms with E-state index in [2.05, 4.69) is 55.6 Å². The van der Waals surface area contributed by atoms with E-state index in [4.69, 9.17) is 4.74 Å². The molecule has 0 spiro atoms. The van der Waals surface area contributed by atoms with Gasteiger partial charge in [0.2, 0.25) is 5.91 Å². The van der Waals surface area contributed by atoms with Crippen molar-refractivity contribution >= 4 is 11.9 Å². The number of amides is 1. The van der Waals surface area contributed by atoms with Crippen molar-refractivity contribution < 1.29 is 24.5 Å². The first kappa shape index (κ1) is 76.8. The van der Waals surface area contributed by atoms with E-state index in [1.165, 1.54) is 302 Å². The van der Waals surface area contributed by atoms with Crippen LogP contribution in [-0.4, -0.2) is 47.4 Å². The Morgan fingerprint density at radius 2 is 0.646 bits per heavy atom. The zero-order valence-corrected chi connectivity index (χ0v) is 53.1. The average Bonchev–Trinajstić information content (AvgIpc) is 3.45. The van der Waals surface area contributed by atoms with Crippen LogP contribution in [0.3, 0.4) is 0 Å². The second-order valence-electron chi connectivity index (χ2n) is 24.2. The summed E-state index contributed by atoms with van der Waals surface area (Å²) in [4.78, 5) is 24.6. The monoisotopic (exact) mass is 1110 g/mol. The Balaban J connectivity index is 3.41. The number of carbonyl (C=O) groups excluding carboxylic acids is 2. The average molecular weight is 1110 g/mol. The number of carbonyl (C=O) groups is 2. The lowest BCUT2D eigenvalue weighted by Crippen LogP contribution is -2.45. The van der Waals surface area contributed by atoms with Crippen molar-refractivity contribution in [3.05, 3.63) is 48.6 Å². The van der Waals surface area contributed by atoms with Crippen molar-refractivity contribution in [3.63, 3.8) is 0 Å². The van der Waals surface area contributed by atoms with Crippen LogP contribution in [0.4, 0.5) is 0 Å². The molecule has 79 heavy (non-hydrogen) atoms. The third-order valence-electron chi connectivity index (χ3n) is 16.3. The van der Waals surface area contributed by atoms with E-state index in [-0.39, 0.29) is 18.5 Å². The number of aliphatic hydroxyl groups excluding tert-OH is 2. The molecule has 0 heterocycles. The third-order valence-corrected chi connectivity index (χ3v) is 16.3. The highest BCUT2D eigenvalue weighted by Gasteiger charge is 2.18. The van der Waals surface area contributed by atoms with E-state index in [0.29, 0.717) is 19.4 Å². The number of allylic oxidation sites excluding steroid dienone is 7. The molecule has 3 N–H and O–H groups in total. The van der Waals surface area contributed by atoms with E-state index >= 15 is 0 Å². The minimum atomic E-state index is -0.846. The van der Waals surface area contributed by atoms with Crippen LogP contribution in [0.5, 0.6) is 0 Å². The minimum Gasteiger partial charge on any atom is -0.466 e. The lowest BCUT2D eigenvalue weighted by atomic mass is 10.0. The van der Waals surface area contributed by atoms with Gasteiger partial charge in [-0.2, -0.15) is 0 Å². The third kappa shape index (κ3) is 64.8. The summed E-state index contributed by atoms with van der Waals surface area (Å²) in [5.74, 6) is -0.0641. The first-order valence-corrected chi connectivity index (χ1v) is 35.4.